The Balaban J connectivity index is 2.94. The number of anilines is 1. The molecule has 0 spiro atoms. The van der Waals surface area contributed by atoms with Crippen LogP contribution in [0.25, 0.3) is 0 Å². The summed E-state index contributed by atoms with van der Waals surface area (Å²) in [5.41, 5.74) is 6.05. The normalized spacial score (nSPS) is 8.89. The van der Waals surface area contributed by atoms with E-state index in [1.54, 1.807) is 24.3 Å². The number of hydrogen-bond donors (Lipinski definition) is 1. The van der Waals surface area contributed by atoms with Gasteiger partial charge in [-0.15, -0.1) is 0 Å². The van der Waals surface area contributed by atoms with Gasteiger partial charge in [-0.1, -0.05) is 6.07 Å². The fraction of sp³-hybridized carbons (Fsp3) is 0. The van der Waals surface area contributed by atoms with Crippen molar-refractivity contribution in [3.63, 3.8) is 0 Å². The van der Waals surface area contributed by atoms with E-state index in [4.69, 9.17) is 13.8 Å². The van der Waals surface area contributed by atoms with E-state index in [2.05, 4.69) is 4.65 Å². The van der Waals surface area contributed by atoms with E-state index < -0.39 is 0 Å². The molecule has 0 unspecified atom stereocenters. The highest BCUT2D eigenvalue weighted by Crippen LogP contribution is 2.12. The van der Waals surface area contributed by atoms with Crippen molar-refractivity contribution in [1.82, 2.24) is 0 Å². The highest BCUT2D eigenvalue weighted by molar-refractivity contribution is 6.00. The zero-order valence-corrected chi connectivity index (χ0v) is 4.87. The van der Waals surface area contributed by atoms with Gasteiger partial charge in [-0.2, -0.15) is 0 Å². The average Bonchev–Trinajstić information content (AvgIpc) is 1.88. The molecule has 2 nitrogen and oxygen atoms in total. The number of nitrogens with two attached hydrogens (primary N) is 1. The predicted octanol–water partition coefficient (Wildman–Crippen LogP) is 0.731. The van der Waals surface area contributed by atoms with Crippen molar-refractivity contribution in [2.45, 2.75) is 0 Å². The van der Waals surface area contributed by atoms with Crippen LogP contribution in [0, 0.1) is 0 Å². The molecule has 0 saturated heterocycles. The van der Waals surface area contributed by atoms with E-state index in [1.807, 2.05) is 0 Å². The smallest absolute Gasteiger partial charge is 0.374 e. The second-order valence-corrected chi connectivity index (χ2v) is 1.69. The van der Waals surface area contributed by atoms with E-state index in [-0.39, 0.29) is 0 Å². The largest absolute Gasteiger partial charge is 0.568 e. The Morgan fingerprint density at radius 2 is 2.22 bits per heavy atom. The number of hydrogen-bond acceptors (Lipinski definition) is 2. The van der Waals surface area contributed by atoms with Gasteiger partial charge in [0.1, 0.15) is 0 Å². The van der Waals surface area contributed by atoms with E-state index in [0.29, 0.717) is 11.4 Å². The number of nitrogen functional groups attached to an aromatic ring is 1. The maximum atomic E-state index is 5.40. The quantitative estimate of drug-likeness (QED) is 0.436. The van der Waals surface area contributed by atoms with Crippen LogP contribution in [0.4, 0.5) is 5.69 Å². The lowest BCUT2D eigenvalue weighted by molar-refractivity contribution is 0.617. The van der Waals surface area contributed by atoms with Gasteiger partial charge in [0, 0.05) is 11.8 Å². The third kappa shape index (κ3) is 1.39. The zero-order chi connectivity index (χ0) is 6.69. The molecule has 9 heavy (non-hydrogen) atoms. The summed E-state index contributed by atoms with van der Waals surface area (Å²) in [5, 5.41) is 0. The minimum absolute atomic E-state index is 0.579. The maximum absolute atomic E-state index is 5.40. The molecule has 2 N–H and O–H groups in total. The van der Waals surface area contributed by atoms with Crippen molar-refractivity contribution in [1.29, 1.82) is 0 Å². The first-order chi connectivity index (χ1) is 4.33. The second-order valence-electron chi connectivity index (χ2n) is 1.69. The molecule has 0 fully saturated rings. The third-order valence-electron chi connectivity index (χ3n) is 0.994. The van der Waals surface area contributed by atoms with Crippen molar-refractivity contribution in [3.05, 3.63) is 24.3 Å². The van der Waals surface area contributed by atoms with E-state index >= 15 is 0 Å². The van der Waals surface area contributed by atoms with Crippen LogP contribution < -0.4 is 10.4 Å². The molecule has 0 saturated carbocycles. The molecule has 0 amide bonds. The summed E-state index contributed by atoms with van der Waals surface area (Å²) in [6.45, 7) is 0. The second kappa shape index (κ2) is 2.44. The highest BCUT2D eigenvalue weighted by atomic mass is 16.4. The van der Waals surface area contributed by atoms with Crippen LogP contribution in [-0.4, -0.2) is 8.05 Å². The summed E-state index contributed by atoms with van der Waals surface area (Å²) in [6.07, 6.45) is 0. The molecule has 3 heteroatoms. The van der Waals surface area contributed by atoms with Crippen molar-refractivity contribution in [2.24, 2.45) is 0 Å². The Morgan fingerprint density at radius 1 is 1.44 bits per heavy atom. The average molecular weight is 119 g/mol. The van der Waals surface area contributed by atoms with Crippen molar-refractivity contribution >= 4 is 13.7 Å². The molecule has 0 aliphatic carbocycles. The van der Waals surface area contributed by atoms with Gasteiger partial charge >= 0.3 is 8.05 Å². The molecule has 0 atom stereocenters. The van der Waals surface area contributed by atoms with E-state index in [0.717, 1.165) is 0 Å². The highest BCUT2D eigenvalue weighted by Gasteiger charge is 1.86. The summed E-state index contributed by atoms with van der Waals surface area (Å²) in [7, 11) is 4.86. The molecule has 0 aliphatic heterocycles. The van der Waals surface area contributed by atoms with Gasteiger partial charge in [0.2, 0.25) is 0 Å². The molecule has 1 aromatic rings. The van der Waals surface area contributed by atoms with Gasteiger partial charge in [0.25, 0.3) is 0 Å². The summed E-state index contributed by atoms with van der Waals surface area (Å²) in [6, 6.07) is 6.93. The minimum atomic E-state index is 0.579. The standard InChI is InChI=1S/C6H6BNO/c7-9-6-3-1-2-5(8)4-6/h1-4H,8H2. The zero-order valence-electron chi connectivity index (χ0n) is 4.87. The van der Waals surface area contributed by atoms with Crippen LogP contribution in [0.1, 0.15) is 0 Å². The lowest BCUT2D eigenvalue weighted by Gasteiger charge is -1.98. The predicted molar refractivity (Wildman–Crippen MR) is 37.2 cm³/mol. The van der Waals surface area contributed by atoms with E-state index in [1.165, 1.54) is 0 Å². The maximum Gasteiger partial charge on any atom is 0.374 e. The van der Waals surface area contributed by atoms with E-state index in [9.17, 15) is 0 Å². The molecule has 0 aromatic heterocycles. The van der Waals surface area contributed by atoms with Gasteiger partial charge in [-0.3, -0.25) is 0 Å². The van der Waals surface area contributed by atoms with Crippen LogP contribution in [0.2, 0.25) is 0 Å². The lowest BCUT2D eigenvalue weighted by Crippen LogP contribution is -1.87. The van der Waals surface area contributed by atoms with Crippen molar-refractivity contribution in [3.8, 4) is 5.75 Å². The van der Waals surface area contributed by atoms with Crippen LogP contribution in [0.15, 0.2) is 24.3 Å². The van der Waals surface area contributed by atoms with Gasteiger partial charge in [-0.25, -0.2) is 0 Å². The van der Waals surface area contributed by atoms with Crippen molar-refractivity contribution in [2.75, 3.05) is 5.73 Å². The monoisotopic (exact) mass is 119 g/mol. The first kappa shape index (κ1) is 6.01. The Morgan fingerprint density at radius 3 is 2.67 bits per heavy atom. The molecule has 1 aromatic carbocycles. The molecule has 44 valence electrons. The van der Waals surface area contributed by atoms with Crippen LogP contribution in [0.3, 0.4) is 0 Å². The first-order valence-corrected chi connectivity index (χ1v) is 2.55. The fourth-order valence-electron chi connectivity index (χ4n) is 0.588. The Kier molecular flexibility index (Phi) is 1.63. The van der Waals surface area contributed by atoms with Crippen LogP contribution in [0.5, 0.6) is 5.75 Å². The minimum Gasteiger partial charge on any atom is -0.568 e. The topological polar surface area (TPSA) is 35.2 Å². The molecule has 0 aliphatic rings. The Labute approximate surface area is 55.1 Å². The molecular formula is C6H6BNO. The molecule has 1 rings (SSSR count). The van der Waals surface area contributed by atoms with Gasteiger partial charge in [-0.05, 0) is 12.1 Å². The Bertz CT molecular complexity index is 202. The summed E-state index contributed by atoms with van der Waals surface area (Å²) < 4.78 is 4.42. The van der Waals surface area contributed by atoms with Crippen LogP contribution >= 0.6 is 0 Å². The molecule has 0 bridgehead atoms. The molecule has 0 heterocycles. The summed E-state index contributed by atoms with van der Waals surface area (Å²) in [4.78, 5) is 0. The Hall–Kier alpha value is -1.12. The van der Waals surface area contributed by atoms with Crippen molar-refractivity contribution < 1.29 is 4.65 Å². The molecule has 2 radical (unpaired) electrons. The SMILES string of the molecule is [B]Oc1cccc(N)c1. The van der Waals surface area contributed by atoms with Gasteiger partial charge in [0.15, 0.2) is 0 Å². The van der Waals surface area contributed by atoms with Gasteiger partial charge < -0.3 is 10.4 Å². The van der Waals surface area contributed by atoms with Gasteiger partial charge in [0.05, 0.1) is 5.75 Å². The third-order valence-corrected chi connectivity index (χ3v) is 0.994. The van der Waals surface area contributed by atoms with Crippen LogP contribution in [-0.2, 0) is 0 Å². The first-order valence-electron chi connectivity index (χ1n) is 2.55. The number of rotatable bonds is 1. The summed E-state index contributed by atoms with van der Waals surface area (Å²) in [5.74, 6) is 0.579. The molecular weight excluding hydrogens is 113 g/mol. The summed E-state index contributed by atoms with van der Waals surface area (Å²) >= 11 is 0. The lowest BCUT2D eigenvalue weighted by atomic mass is 10.3. The number of benzene rings is 1. The fourth-order valence-corrected chi connectivity index (χ4v) is 0.588.